The number of anilines is 2. The monoisotopic (exact) mass is 547 g/mol. The molecule has 3 heterocycles. The number of hydrogen-bond donors (Lipinski definition) is 1. The van der Waals surface area contributed by atoms with Crippen molar-refractivity contribution in [1.82, 2.24) is 14.8 Å². The van der Waals surface area contributed by atoms with Gasteiger partial charge in [-0.25, -0.2) is 22.0 Å². The average molecular weight is 547 g/mol. The minimum Gasteiger partial charge on any atom is -0.442 e. The molecule has 0 saturated carbocycles. The molecule has 2 saturated heterocycles. The predicted molar refractivity (Wildman–Crippen MR) is 119 cm³/mol. The summed E-state index contributed by atoms with van der Waals surface area (Å²) in [7, 11) is -4.02. The number of rotatable bonds is 7. The first-order valence-electron chi connectivity index (χ1n) is 10.9. The van der Waals surface area contributed by atoms with Crippen LogP contribution in [0.4, 0.5) is 33.7 Å². The van der Waals surface area contributed by atoms with Gasteiger partial charge in [0, 0.05) is 37.6 Å². The van der Waals surface area contributed by atoms with E-state index in [1.165, 1.54) is 29.4 Å². The molecule has 0 spiro atoms. The van der Waals surface area contributed by atoms with Gasteiger partial charge in [0.1, 0.15) is 11.8 Å². The van der Waals surface area contributed by atoms with Crippen LogP contribution in [0.5, 0.6) is 0 Å². The highest BCUT2D eigenvalue weighted by Crippen LogP contribution is 2.31. The van der Waals surface area contributed by atoms with Crippen LogP contribution >= 0.6 is 0 Å². The molecule has 2 fully saturated rings. The second kappa shape index (κ2) is 10.9. The second-order valence-corrected chi connectivity index (χ2v) is 9.78. The van der Waals surface area contributed by atoms with Crippen molar-refractivity contribution in [2.45, 2.75) is 17.4 Å². The summed E-state index contributed by atoms with van der Waals surface area (Å²) in [4.78, 5) is 34.4. The highest BCUT2D eigenvalue weighted by atomic mass is 32.2. The molecule has 0 bridgehead atoms. The van der Waals surface area contributed by atoms with Crippen molar-refractivity contribution in [3.8, 4) is 0 Å². The van der Waals surface area contributed by atoms with Crippen LogP contribution in [0, 0.1) is 11.6 Å². The van der Waals surface area contributed by atoms with Crippen LogP contribution < -0.4 is 15.1 Å². The van der Waals surface area contributed by atoms with Crippen LogP contribution in [0.1, 0.15) is 0 Å². The summed E-state index contributed by atoms with van der Waals surface area (Å²) in [5.41, 5.74) is -0.622. The van der Waals surface area contributed by atoms with Crippen LogP contribution in [0.2, 0.25) is 0 Å². The molecule has 37 heavy (non-hydrogen) atoms. The Bertz CT molecular complexity index is 1250. The fourth-order valence-corrected chi connectivity index (χ4v) is 5.05. The summed E-state index contributed by atoms with van der Waals surface area (Å²) in [5, 5.41) is 1.91. The van der Waals surface area contributed by atoms with E-state index in [1.54, 1.807) is 0 Å². The van der Waals surface area contributed by atoms with Crippen molar-refractivity contribution in [1.29, 1.82) is 0 Å². The van der Waals surface area contributed by atoms with E-state index in [2.05, 4.69) is 4.98 Å². The molecule has 16 heteroatoms. The highest BCUT2D eigenvalue weighted by molar-refractivity contribution is 7.89. The SMILES string of the molecule is O=C(NCC1CN(c2cc(F)c(N3CCON(S(=O)(=O)c4ccncc4)CC3)c(F)c2)C(=O)O1)C(F)F. The van der Waals surface area contributed by atoms with Gasteiger partial charge < -0.3 is 15.0 Å². The Morgan fingerprint density at radius 1 is 1.14 bits per heavy atom. The normalized spacial score (nSPS) is 19.2. The quantitative estimate of drug-likeness (QED) is 0.518. The van der Waals surface area contributed by atoms with Gasteiger partial charge in [0.2, 0.25) is 0 Å². The van der Waals surface area contributed by atoms with Crippen LogP contribution in [-0.4, -0.2) is 81.7 Å². The van der Waals surface area contributed by atoms with E-state index in [4.69, 9.17) is 9.57 Å². The van der Waals surface area contributed by atoms with Crippen molar-refractivity contribution in [2.24, 2.45) is 0 Å². The molecule has 2 aliphatic heterocycles. The zero-order chi connectivity index (χ0) is 26.7. The second-order valence-electron chi connectivity index (χ2n) is 7.95. The summed E-state index contributed by atoms with van der Waals surface area (Å²) in [6.45, 7) is -1.19. The maximum atomic E-state index is 15.1. The van der Waals surface area contributed by atoms with Gasteiger partial charge in [0.25, 0.3) is 15.9 Å². The lowest BCUT2D eigenvalue weighted by Gasteiger charge is -2.24. The molecular formula is C21H21F4N5O6S. The van der Waals surface area contributed by atoms with Gasteiger partial charge in [-0.1, -0.05) is 4.47 Å². The summed E-state index contributed by atoms with van der Waals surface area (Å²) >= 11 is 0. The molecule has 0 radical (unpaired) electrons. The topological polar surface area (TPSA) is 121 Å². The van der Waals surface area contributed by atoms with Gasteiger partial charge in [-0.2, -0.15) is 8.78 Å². The van der Waals surface area contributed by atoms with Crippen molar-refractivity contribution >= 4 is 33.4 Å². The van der Waals surface area contributed by atoms with Crippen molar-refractivity contribution in [3.05, 3.63) is 48.3 Å². The standard InChI is InChI=1S/C21H21F4N5O6S/c22-16-9-13(29-12-14(36-21(29)32)11-27-20(31)19(24)25)10-17(23)18(16)28-5-6-30(35-8-7-28)37(33,34)15-1-3-26-4-2-15/h1-4,9-10,14,19H,5-8,11-12H2,(H,27,31). The molecule has 1 aromatic heterocycles. The lowest BCUT2D eigenvalue weighted by molar-refractivity contribution is -0.132. The molecule has 2 aliphatic rings. The van der Waals surface area contributed by atoms with Gasteiger partial charge in [-0.05, 0) is 12.1 Å². The number of halogens is 4. The number of carbonyl (C=O) groups excluding carboxylic acids is 2. The highest BCUT2D eigenvalue weighted by Gasteiger charge is 2.35. The van der Waals surface area contributed by atoms with E-state index >= 15 is 8.78 Å². The number of aromatic nitrogens is 1. The molecular weight excluding hydrogens is 526 g/mol. The molecule has 1 aromatic carbocycles. The van der Waals surface area contributed by atoms with Gasteiger partial charge in [-0.15, -0.1) is 0 Å². The Labute approximate surface area is 208 Å². The van der Waals surface area contributed by atoms with Gasteiger partial charge >= 0.3 is 12.5 Å². The maximum absolute atomic E-state index is 15.1. The molecule has 11 nitrogen and oxygen atoms in total. The van der Waals surface area contributed by atoms with E-state index in [0.717, 1.165) is 21.5 Å². The number of amides is 2. The number of ether oxygens (including phenoxy) is 1. The number of nitrogens with zero attached hydrogens (tertiary/aromatic N) is 4. The largest absolute Gasteiger partial charge is 0.442 e. The number of carbonyl (C=O) groups is 2. The van der Waals surface area contributed by atoms with Crippen LogP contribution in [0.25, 0.3) is 0 Å². The third kappa shape index (κ3) is 5.75. The number of alkyl halides is 2. The van der Waals surface area contributed by atoms with E-state index in [9.17, 15) is 26.8 Å². The predicted octanol–water partition coefficient (Wildman–Crippen LogP) is 1.51. The summed E-state index contributed by atoms with van der Waals surface area (Å²) < 4.78 is 86.1. The number of pyridine rings is 1. The zero-order valence-electron chi connectivity index (χ0n) is 19.0. The number of sulfonamides is 1. The first kappa shape index (κ1) is 26.6. The van der Waals surface area contributed by atoms with Crippen LogP contribution in [0.15, 0.2) is 41.6 Å². The van der Waals surface area contributed by atoms with E-state index in [0.29, 0.717) is 0 Å². The number of nitrogens with one attached hydrogen (secondary N) is 1. The minimum atomic E-state index is -4.02. The number of cyclic esters (lactones) is 1. The van der Waals surface area contributed by atoms with Crippen molar-refractivity contribution in [3.63, 3.8) is 0 Å². The number of hydroxylamine groups is 1. The molecule has 2 amide bonds. The van der Waals surface area contributed by atoms with E-state index < -0.39 is 58.4 Å². The first-order chi connectivity index (χ1) is 17.6. The van der Waals surface area contributed by atoms with Crippen molar-refractivity contribution in [2.75, 3.05) is 49.1 Å². The van der Waals surface area contributed by atoms with Crippen LogP contribution in [0.3, 0.4) is 0 Å². The average Bonchev–Trinajstić information content (AvgIpc) is 3.06. The zero-order valence-corrected chi connectivity index (χ0v) is 19.8. The minimum absolute atomic E-state index is 0.0345. The first-order valence-corrected chi connectivity index (χ1v) is 12.4. The molecule has 1 atom stereocenters. The Kier molecular flexibility index (Phi) is 7.79. The molecule has 2 aromatic rings. The van der Waals surface area contributed by atoms with Gasteiger partial charge in [0.15, 0.2) is 11.6 Å². The number of hydrogen-bond acceptors (Lipinski definition) is 8. The Balaban J connectivity index is 1.45. The van der Waals surface area contributed by atoms with Crippen molar-refractivity contribution < 1.29 is 45.1 Å². The van der Waals surface area contributed by atoms with E-state index in [1.807, 2.05) is 5.32 Å². The lowest BCUT2D eigenvalue weighted by Crippen LogP contribution is -2.37. The van der Waals surface area contributed by atoms with Gasteiger partial charge in [-0.3, -0.25) is 19.5 Å². The fourth-order valence-electron chi connectivity index (χ4n) is 3.81. The summed E-state index contributed by atoms with van der Waals surface area (Å²) in [6, 6.07) is 4.38. The van der Waals surface area contributed by atoms with Crippen LogP contribution in [-0.2, 0) is 24.4 Å². The van der Waals surface area contributed by atoms with E-state index in [-0.39, 0.29) is 43.4 Å². The third-order valence-electron chi connectivity index (χ3n) is 5.57. The maximum Gasteiger partial charge on any atom is 0.414 e. The molecule has 0 aliphatic carbocycles. The molecule has 1 N–H and O–H groups in total. The smallest absolute Gasteiger partial charge is 0.414 e. The number of benzene rings is 1. The summed E-state index contributed by atoms with van der Waals surface area (Å²) in [6.07, 6.45) is -2.60. The Morgan fingerprint density at radius 2 is 1.81 bits per heavy atom. The Hall–Kier alpha value is -3.50. The Morgan fingerprint density at radius 3 is 2.46 bits per heavy atom. The molecule has 4 rings (SSSR count). The molecule has 200 valence electrons. The lowest BCUT2D eigenvalue weighted by atomic mass is 10.2. The fraction of sp³-hybridized carbons (Fsp3) is 0.381. The third-order valence-corrected chi connectivity index (χ3v) is 7.26. The van der Waals surface area contributed by atoms with Gasteiger partial charge in [0.05, 0.1) is 36.8 Å². The summed E-state index contributed by atoms with van der Waals surface area (Å²) in [5.74, 6) is -3.59. The molecule has 1 unspecified atom stereocenters.